The molecule has 3 N–H and O–H groups in total. The molecule has 1 aromatic rings. The maximum absolute atomic E-state index is 11.0. The van der Waals surface area contributed by atoms with Crippen LogP contribution in [0.1, 0.15) is 16.4 Å². The van der Waals surface area contributed by atoms with E-state index in [9.17, 15) is 18.3 Å². The first-order chi connectivity index (χ1) is 8.27. The van der Waals surface area contributed by atoms with Crippen LogP contribution in [0.3, 0.4) is 0 Å². The summed E-state index contributed by atoms with van der Waals surface area (Å²) in [5.41, 5.74) is 0.321. The van der Waals surface area contributed by atoms with Crippen LogP contribution >= 0.6 is 11.8 Å². The number of thioether (sulfide) groups is 1. The molecule has 0 bridgehead atoms. The molecular weight excluding hydrogens is 280 g/mol. The fourth-order valence-electron chi connectivity index (χ4n) is 1.48. The van der Waals surface area contributed by atoms with Crippen molar-refractivity contribution in [1.82, 2.24) is 0 Å². The minimum absolute atomic E-state index is 0.0485. The van der Waals surface area contributed by atoms with Crippen LogP contribution in [0.4, 0.5) is 0 Å². The third-order valence-electron chi connectivity index (χ3n) is 2.23. The van der Waals surface area contributed by atoms with Crippen molar-refractivity contribution in [2.45, 2.75) is 11.0 Å². The molecule has 0 saturated carbocycles. The fraction of sp³-hybridized carbons (Fsp3) is 0.300. The predicted molar refractivity (Wildman–Crippen MR) is 67.3 cm³/mol. The maximum Gasteiger partial charge on any atom is 0.329 e. The first-order valence-electron chi connectivity index (χ1n) is 4.77. The van der Waals surface area contributed by atoms with Crippen LogP contribution in [-0.4, -0.2) is 35.4 Å². The van der Waals surface area contributed by atoms with Gasteiger partial charge in [0.1, 0.15) is 5.75 Å². The topological polar surface area (TPSA) is 112 Å². The van der Waals surface area contributed by atoms with E-state index in [1.54, 1.807) is 6.26 Å². The Morgan fingerprint density at radius 3 is 2.50 bits per heavy atom. The summed E-state index contributed by atoms with van der Waals surface area (Å²) < 4.78 is 31.0. The number of benzene rings is 1. The Morgan fingerprint density at radius 2 is 2.06 bits per heavy atom. The van der Waals surface area contributed by atoms with Gasteiger partial charge in [0.15, 0.2) is 0 Å². The fourth-order valence-corrected chi connectivity index (χ4v) is 2.77. The van der Waals surface area contributed by atoms with E-state index in [2.05, 4.69) is 0 Å². The summed E-state index contributed by atoms with van der Waals surface area (Å²) in [5, 5.41) is 16.3. The second-order valence-corrected chi connectivity index (χ2v) is 5.92. The van der Waals surface area contributed by atoms with Gasteiger partial charge in [-0.1, -0.05) is 6.07 Å². The van der Waals surface area contributed by atoms with Gasteiger partial charge in [-0.15, -0.1) is 0 Å². The highest BCUT2D eigenvalue weighted by molar-refractivity contribution is 7.97. The van der Waals surface area contributed by atoms with Crippen LogP contribution in [0.5, 0.6) is 5.75 Å². The van der Waals surface area contributed by atoms with Crippen molar-refractivity contribution in [2.24, 2.45) is 0 Å². The van der Waals surface area contributed by atoms with E-state index >= 15 is 0 Å². The minimum Gasteiger partial charge on any atom is -0.508 e. The van der Waals surface area contributed by atoms with E-state index in [-0.39, 0.29) is 11.3 Å². The number of phenols is 1. The Hall–Kier alpha value is -1.25. The minimum atomic E-state index is -4.75. The molecule has 1 aromatic carbocycles. The number of carbonyl (C=O) groups is 1. The molecule has 0 heterocycles. The van der Waals surface area contributed by atoms with E-state index in [1.165, 1.54) is 23.9 Å². The Labute approximate surface area is 108 Å². The van der Waals surface area contributed by atoms with Gasteiger partial charge in [0, 0.05) is 11.3 Å². The summed E-state index contributed by atoms with van der Waals surface area (Å²) >= 11 is 1.39. The molecule has 0 aromatic heterocycles. The van der Waals surface area contributed by atoms with Crippen molar-refractivity contribution in [1.29, 1.82) is 0 Å². The van der Waals surface area contributed by atoms with Crippen LogP contribution in [0.25, 0.3) is 0 Å². The number of hydrogen-bond acceptors (Lipinski definition) is 5. The lowest BCUT2D eigenvalue weighted by Gasteiger charge is -2.11. The summed E-state index contributed by atoms with van der Waals surface area (Å²) in [4.78, 5) is 10.9. The lowest BCUT2D eigenvalue weighted by molar-refractivity contribution is -0.136. The molecule has 8 heteroatoms. The number of carboxylic acids is 1. The Morgan fingerprint density at radius 1 is 1.44 bits per heavy atom. The molecule has 18 heavy (non-hydrogen) atoms. The van der Waals surface area contributed by atoms with Gasteiger partial charge in [-0.3, -0.25) is 9.35 Å². The largest absolute Gasteiger partial charge is 0.508 e. The quantitative estimate of drug-likeness (QED) is 0.700. The van der Waals surface area contributed by atoms with Gasteiger partial charge >= 0.3 is 5.97 Å². The highest BCUT2D eigenvalue weighted by Crippen LogP contribution is 2.28. The van der Waals surface area contributed by atoms with Crippen LogP contribution < -0.4 is 0 Å². The van der Waals surface area contributed by atoms with Gasteiger partial charge < -0.3 is 10.2 Å². The number of hydrogen-bond donors (Lipinski definition) is 3. The van der Waals surface area contributed by atoms with Crippen molar-refractivity contribution in [2.75, 3.05) is 6.26 Å². The third-order valence-corrected chi connectivity index (χ3v) is 3.90. The van der Waals surface area contributed by atoms with Crippen molar-refractivity contribution >= 4 is 27.8 Å². The SMILES string of the molecule is CSCc1cc(C(C(=O)O)S(=O)(=O)O)ccc1O. The molecule has 0 aliphatic heterocycles. The van der Waals surface area contributed by atoms with Crippen molar-refractivity contribution < 1.29 is 28.0 Å². The molecule has 1 unspecified atom stereocenters. The molecule has 0 fully saturated rings. The van der Waals surface area contributed by atoms with Crippen molar-refractivity contribution in [3.8, 4) is 5.75 Å². The van der Waals surface area contributed by atoms with E-state index in [4.69, 9.17) is 9.66 Å². The summed E-state index contributed by atoms with van der Waals surface area (Å²) in [6.07, 6.45) is 1.78. The van der Waals surface area contributed by atoms with Gasteiger partial charge in [0.25, 0.3) is 10.1 Å². The van der Waals surface area contributed by atoms with Gasteiger partial charge in [0.05, 0.1) is 0 Å². The summed E-state index contributed by atoms with van der Waals surface area (Å²) in [6.45, 7) is 0. The summed E-state index contributed by atoms with van der Waals surface area (Å²) in [6, 6.07) is 3.63. The predicted octanol–water partition coefficient (Wildman–Crippen LogP) is 1.27. The van der Waals surface area contributed by atoms with Gasteiger partial charge in [-0.05, 0) is 24.0 Å². The molecule has 0 aliphatic rings. The molecule has 0 aliphatic carbocycles. The number of aliphatic carboxylic acids is 1. The monoisotopic (exact) mass is 292 g/mol. The lowest BCUT2D eigenvalue weighted by atomic mass is 10.1. The first kappa shape index (κ1) is 14.8. The van der Waals surface area contributed by atoms with E-state index < -0.39 is 21.3 Å². The zero-order valence-corrected chi connectivity index (χ0v) is 11.0. The average molecular weight is 292 g/mol. The molecule has 1 atom stereocenters. The van der Waals surface area contributed by atoms with Crippen molar-refractivity contribution in [3.63, 3.8) is 0 Å². The van der Waals surface area contributed by atoms with Crippen LogP contribution in [-0.2, 0) is 20.7 Å². The summed E-state index contributed by atoms with van der Waals surface area (Å²) in [5.74, 6) is -1.32. The van der Waals surface area contributed by atoms with E-state index in [0.717, 1.165) is 6.07 Å². The molecule has 0 saturated heterocycles. The lowest BCUT2D eigenvalue weighted by Crippen LogP contribution is -2.21. The number of carboxylic acid groups (broad SMARTS) is 1. The van der Waals surface area contributed by atoms with Crippen LogP contribution in [0.15, 0.2) is 18.2 Å². The van der Waals surface area contributed by atoms with Crippen molar-refractivity contribution in [3.05, 3.63) is 29.3 Å². The Kier molecular flexibility index (Phi) is 4.60. The molecular formula is C10H12O6S2. The van der Waals surface area contributed by atoms with Crippen LogP contribution in [0, 0.1) is 0 Å². The first-order valence-corrected chi connectivity index (χ1v) is 7.67. The molecule has 1 rings (SSSR count). The second kappa shape index (κ2) is 5.59. The van der Waals surface area contributed by atoms with E-state index in [0.29, 0.717) is 11.3 Å². The molecule has 6 nitrogen and oxygen atoms in total. The van der Waals surface area contributed by atoms with Gasteiger partial charge in [-0.2, -0.15) is 20.2 Å². The number of rotatable bonds is 5. The average Bonchev–Trinajstić information content (AvgIpc) is 2.20. The zero-order valence-electron chi connectivity index (χ0n) is 9.40. The normalized spacial score (nSPS) is 13.2. The summed E-state index contributed by atoms with van der Waals surface area (Å²) in [7, 11) is -4.75. The van der Waals surface area contributed by atoms with E-state index in [1.807, 2.05) is 0 Å². The smallest absolute Gasteiger partial charge is 0.329 e. The maximum atomic E-state index is 11.0. The molecule has 0 spiro atoms. The third kappa shape index (κ3) is 3.37. The van der Waals surface area contributed by atoms with Gasteiger partial charge in [0.2, 0.25) is 5.25 Å². The zero-order chi connectivity index (χ0) is 13.9. The Balaban J connectivity index is 3.31. The second-order valence-electron chi connectivity index (χ2n) is 3.55. The molecule has 0 radical (unpaired) electrons. The highest BCUT2D eigenvalue weighted by atomic mass is 32.2. The van der Waals surface area contributed by atoms with Crippen LogP contribution in [0.2, 0.25) is 0 Å². The number of phenolic OH excluding ortho intramolecular Hbond substituents is 1. The standard InChI is InChI=1S/C10H12O6S2/c1-17-5-7-4-6(2-3-8(7)11)9(10(12)13)18(14,15)16/h2-4,9,11H,5H2,1H3,(H,12,13)(H,14,15,16). The highest BCUT2D eigenvalue weighted by Gasteiger charge is 2.33. The van der Waals surface area contributed by atoms with Gasteiger partial charge in [-0.25, -0.2) is 0 Å². The number of aromatic hydroxyl groups is 1. The Bertz CT molecular complexity index is 551. The molecule has 100 valence electrons. The molecule has 0 amide bonds.